The van der Waals surface area contributed by atoms with Gasteiger partial charge in [-0.3, -0.25) is 4.52 Å². The summed E-state index contributed by atoms with van der Waals surface area (Å²) in [5, 5.41) is 12.9. The third kappa shape index (κ3) is 7.00. The molecular formula is C18H36NO8P. The van der Waals surface area contributed by atoms with Gasteiger partial charge in [-0.05, 0) is 48.0 Å². The molecule has 9 nitrogen and oxygen atoms in total. The van der Waals surface area contributed by atoms with Crippen LogP contribution in [0.25, 0.3) is 0 Å². The Morgan fingerprint density at radius 3 is 2.39 bits per heavy atom. The summed E-state index contributed by atoms with van der Waals surface area (Å²) in [5.41, 5.74) is 0. The van der Waals surface area contributed by atoms with Crippen LogP contribution in [0.1, 0.15) is 48.0 Å². The van der Waals surface area contributed by atoms with Gasteiger partial charge in [0.1, 0.15) is 18.3 Å². The van der Waals surface area contributed by atoms with E-state index in [4.69, 9.17) is 23.5 Å². The van der Waals surface area contributed by atoms with Gasteiger partial charge in [-0.2, -0.15) is 0 Å². The van der Waals surface area contributed by atoms with E-state index in [9.17, 15) is 14.6 Å². The highest BCUT2D eigenvalue weighted by Gasteiger charge is 2.44. The normalized spacial score (nSPS) is 38.4. The molecule has 0 bridgehead atoms. The van der Waals surface area contributed by atoms with Crippen LogP contribution in [0.5, 0.6) is 0 Å². The Hall–Kier alpha value is -0.0900. The molecule has 2 rings (SSSR count). The molecule has 0 aliphatic carbocycles. The second-order valence-electron chi connectivity index (χ2n) is 8.17. The SMILES string of the molecule is CC(C)OC[C@H]1O[C@@H](C)C[C@H]1NP(=O)(O)OC[C@H]1O[C@@H](C)C(O)[C@H]1OC(C)C. The molecule has 3 N–H and O–H groups in total. The minimum Gasteiger partial charge on any atom is -0.388 e. The van der Waals surface area contributed by atoms with Gasteiger partial charge in [0.2, 0.25) is 0 Å². The van der Waals surface area contributed by atoms with Gasteiger partial charge < -0.3 is 28.9 Å². The first-order valence-corrected chi connectivity index (χ1v) is 11.6. The zero-order valence-electron chi connectivity index (χ0n) is 17.6. The molecule has 0 aromatic carbocycles. The maximum atomic E-state index is 12.6. The van der Waals surface area contributed by atoms with Crippen molar-refractivity contribution in [2.45, 2.75) is 103 Å². The highest BCUT2D eigenvalue weighted by molar-refractivity contribution is 7.50. The summed E-state index contributed by atoms with van der Waals surface area (Å²) in [5.74, 6) is 0. The number of ether oxygens (including phenoxy) is 4. The summed E-state index contributed by atoms with van der Waals surface area (Å²) < 4.78 is 40.6. The van der Waals surface area contributed by atoms with E-state index in [2.05, 4.69) is 5.09 Å². The average Bonchev–Trinajstić information content (AvgIpc) is 3.04. The van der Waals surface area contributed by atoms with Gasteiger partial charge in [-0.25, -0.2) is 9.65 Å². The number of aliphatic hydroxyl groups is 1. The molecule has 10 heteroatoms. The van der Waals surface area contributed by atoms with Crippen molar-refractivity contribution in [2.24, 2.45) is 0 Å². The van der Waals surface area contributed by atoms with E-state index in [0.717, 1.165) is 0 Å². The quantitative estimate of drug-likeness (QED) is 0.449. The van der Waals surface area contributed by atoms with Crippen molar-refractivity contribution < 1.29 is 38.0 Å². The van der Waals surface area contributed by atoms with Crippen molar-refractivity contribution in [3.05, 3.63) is 0 Å². The molecule has 2 aliphatic heterocycles. The van der Waals surface area contributed by atoms with Crippen LogP contribution in [0, 0.1) is 0 Å². The van der Waals surface area contributed by atoms with Crippen molar-refractivity contribution in [2.75, 3.05) is 13.2 Å². The Kier molecular flexibility index (Phi) is 8.88. The average molecular weight is 425 g/mol. The minimum atomic E-state index is -4.11. The summed E-state index contributed by atoms with van der Waals surface area (Å²) in [4.78, 5) is 10.3. The van der Waals surface area contributed by atoms with Gasteiger partial charge in [0.15, 0.2) is 0 Å². The molecule has 2 aliphatic rings. The van der Waals surface area contributed by atoms with Gasteiger partial charge in [-0.15, -0.1) is 0 Å². The van der Waals surface area contributed by atoms with E-state index < -0.39 is 32.2 Å². The molecule has 0 saturated carbocycles. The lowest BCUT2D eigenvalue weighted by atomic mass is 10.1. The standard InChI is InChI=1S/C18H36NO8P/c1-10(2)23-8-15-14(7-12(5)26-15)19-28(21,22)24-9-16-18(25-11(3)4)17(20)13(6)27-16/h10-18,20H,7-9H2,1-6H3,(H2,19,21,22)/t12-,13-,14+,15+,16+,17?,18-/m0/s1. The predicted octanol–water partition coefficient (Wildman–Crippen LogP) is 1.61. The van der Waals surface area contributed by atoms with Gasteiger partial charge in [0.05, 0.1) is 43.7 Å². The van der Waals surface area contributed by atoms with Crippen LogP contribution in [-0.2, 0) is 28.0 Å². The summed E-state index contributed by atoms with van der Waals surface area (Å²) in [7, 11) is -4.11. The van der Waals surface area contributed by atoms with E-state index in [-0.39, 0.29) is 37.1 Å². The fourth-order valence-electron chi connectivity index (χ4n) is 3.50. The van der Waals surface area contributed by atoms with Crippen LogP contribution in [0.3, 0.4) is 0 Å². The van der Waals surface area contributed by atoms with Crippen LogP contribution in [0.4, 0.5) is 0 Å². The van der Waals surface area contributed by atoms with Gasteiger partial charge in [0, 0.05) is 6.04 Å². The van der Waals surface area contributed by atoms with E-state index in [1.165, 1.54) is 0 Å². The lowest BCUT2D eigenvalue weighted by Gasteiger charge is -2.26. The first-order valence-electron chi connectivity index (χ1n) is 9.99. The third-order valence-corrected chi connectivity index (χ3v) is 5.94. The fourth-order valence-corrected chi connectivity index (χ4v) is 4.61. The van der Waals surface area contributed by atoms with Crippen molar-refractivity contribution >= 4 is 7.75 Å². The zero-order valence-corrected chi connectivity index (χ0v) is 18.5. The minimum absolute atomic E-state index is 0.0446. The molecule has 0 aromatic rings. The summed E-state index contributed by atoms with van der Waals surface area (Å²) in [6.07, 6.45) is -2.37. The van der Waals surface area contributed by atoms with Crippen molar-refractivity contribution in [1.82, 2.24) is 5.09 Å². The first kappa shape index (κ1) is 24.2. The van der Waals surface area contributed by atoms with E-state index in [1.54, 1.807) is 6.92 Å². The maximum Gasteiger partial charge on any atom is 0.403 e. The summed E-state index contributed by atoms with van der Waals surface area (Å²) in [6.45, 7) is 11.4. The zero-order chi connectivity index (χ0) is 21.1. The highest BCUT2D eigenvalue weighted by Crippen LogP contribution is 2.41. The third-order valence-electron chi connectivity index (χ3n) is 4.78. The van der Waals surface area contributed by atoms with Gasteiger partial charge in [-0.1, -0.05) is 0 Å². The molecular weight excluding hydrogens is 389 g/mol. The van der Waals surface area contributed by atoms with Crippen molar-refractivity contribution in [3.63, 3.8) is 0 Å². The van der Waals surface area contributed by atoms with Crippen LogP contribution in [-0.4, -0.2) is 78.1 Å². The highest BCUT2D eigenvalue weighted by atomic mass is 31.2. The van der Waals surface area contributed by atoms with Crippen LogP contribution >= 0.6 is 7.75 Å². The molecule has 0 amide bonds. The second-order valence-corrected chi connectivity index (χ2v) is 9.73. The fraction of sp³-hybridized carbons (Fsp3) is 1.00. The Labute approximate surface area is 167 Å². The molecule has 2 saturated heterocycles. The number of rotatable bonds is 10. The van der Waals surface area contributed by atoms with E-state index in [0.29, 0.717) is 13.0 Å². The topological polar surface area (TPSA) is 116 Å². The van der Waals surface area contributed by atoms with Gasteiger partial charge in [0.25, 0.3) is 0 Å². The number of aliphatic hydroxyl groups excluding tert-OH is 1. The van der Waals surface area contributed by atoms with Crippen LogP contribution in [0.15, 0.2) is 0 Å². The number of nitrogens with one attached hydrogen (secondary N) is 1. The Morgan fingerprint density at radius 1 is 1.11 bits per heavy atom. The van der Waals surface area contributed by atoms with Crippen LogP contribution in [0.2, 0.25) is 0 Å². The van der Waals surface area contributed by atoms with E-state index in [1.807, 2.05) is 34.6 Å². The van der Waals surface area contributed by atoms with E-state index >= 15 is 0 Å². The molecule has 2 fully saturated rings. The Morgan fingerprint density at radius 2 is 1.79 bits per heavy atom. The Balaban J connectivity index is 1.90. The molecule has 8 atom stereocenters. The lowest BCUT2D eigenvalue weighted by molar-refractivity contribution is -0.0759. The maximum absolute atomic E-state index is 12.6. The monoisotopic (exact) mass is 425 g/mol. The molecule has 166 valence electrons. The number of hydrogen-bond acceptors (Lipinski definition) is 7. The smallest absolute Gasteiger partial charge is 0.388 e. The molecule has 0 spiro atoms. The van der Waals surface area contributed by atoms with Gasteiger partial charge >= 0.3 is 7.75 Å². The molecule has 2 heterocycles. The molecule has 28 heavy (non-hydrogen) atoms. The summed E-state index contributed by atoms with van der Waals surface area (Å²) >= 11 is 0. The lowest BCUT2D eigenvalue weighted by Crippen LogP contribution is -2.40. The first-order chi connectivity index (χ1) is 13.0. The number of hydrogen-bond donors (Lipinski definition) is 3. The molecule has 0 radical (unpaired) electrons. The van der Waals surface area contributed by atoms with Crippen LogP contribution < -0.4 is 5.09 Å². The molecule has 2 unspecified atom stereocenters. The largest absolute Gasteiger partial charge is 0.403 e. The van der Waals surface area contributed by atoms with Crippen molar-refractivity contribution in [1.29, 1.82) is 0 Å². The summed E-state index contributed by atoms with van der Waals surface area (Å²) in [6, 6.07) is -0.360. The second kappa shape index (κ2) is 10.3. The molecule has 0 aromatic heterocycles. The van der Waals surface area contributed by atoms with Crippen molar-refractivity contribution in [3.8, 4) is 0 Å². The Bertz CT molecular complexity index is 534. The predicted molar refractivity (Wildman–Crippen MR) is 103 cm³/mol.